The van der Waals surface area contributed by atoms with E-state index in [2.05, 4.69) is 4.74 Å². The molecule has 1 aromatic rings. The second-order valence-electron chi connectivity index (χ2n) is 5.03. The van der Waals surface area contributed by atoms with Crippen molar-refractivity contribution < 1.29 is 23.9 Å². The third kappa shape index (κ3) is 3.49. The molecule has 0 spiro atoms. The molecule has 1 aromatic carbocycles. The van der Waals surface area contributed by atoms with Crippen LogP contribution in [0.25, 0.3) is 0 Å². The van der Waals surface area contributed by atoms with Crippen LogP contribution in [0.3, 0.4) is 0 Å². The number of amides is 2. The highest BCUT2D eigenvalue weighted by molar-refractivity contribution is 6.09. The lowest BCUT2D eigenvalue weighted by molar-refractivity contribution is -0.140. The summed E-state index contributed by atoms with van der Waals surface area (Å²) in [6, 6.07) is 5.85. The van der Waals surface area contributed by atoms with E-state index in [1.807, 2.05) is 0 Å². The molecule has 8 heteroatoms. The zero-order valence-electron chi connectivity index (χ0n) is 13.0. The number of para-hydroxylation sites is 2. The SMILES string of the molecule is COCC(=O)N1CC(N)C(=O)N(CC(=O)OC)c2ccccc21. The normalized spacial score (nSPS) is 17.5. The van der Waals surface area contributed by atoms with Crippen LogP contribution >= 0.6 is 0 Å². The van der Waals surface area contributed by atoms with Crippen molar-refractivity contribution in [3.8, 4) is 0 Å². The molecule has 2 N–H and O–H groups in total. The van der Waals surface area contributed by atoms with Gasteiger partial charge in [0.25, 0.3) is 5.91 Å². The molecule has 1 heterocycles. The van der Waals surface area contributed by atoms with Crippen molar-refractivity contribution in [3.05, 3.63) is 24.3 Å². The number of nitrogens with zero attached hydrogens (tertiary/aromatic N) is 2. The van der Waals surface area contributed by atoms with E-state index in [1.54, 1.807) is 24.3 Å². The van der Waals surface area contributed by atoms with E-state index in [4.69, 9.17) is 10.5 Å². The molecule has 0 radical (unpaired) electrons. The number of methoxy groups -OCH3 is 2. The largest absolute Gasteiger partial charge is 0.468 e. The summed E-state index contributed by atoms with van der Waals surface area (Å²) in [5.41, 5.74) is 6.84. The second-order valence-corrected chi connectivity index (χ2v) is 5.03. The number of nitrogens with two attached hydrogens (primary N) is 1. The molecule has 23 heavy (non-hydrogen) atoms. The minimum absolute atomic E-state index is 0.00964. The summed E-state index contributed by atoms with van der Waals surface area (Å²) in [6.07, 6.45) is 0. The second kappa shape index (κ2) is 7.21. The van der Waals surface area contributed by atoms with E-state index in [0.717, 1.165) is 0 Å². The number of rotatable bonds is 4. The van der Waals surface area contributed by atoms with Crippen LogP contribution in [-0.4, -0.2) is 57.7 Å². The first-order chi connectivity index (χ1) is 11.0. The fourth-order valence-electron chi connectivity index (χ4n) is 2.41. The van der Waals surface area contributed by atoms with Crippen LogP contribution in [0.15, 0.2) is 24.3 Å². The van der Waals surface area contributed by atoms with Crippen LogP contribution in [0, 0.1) is 0 Å². The molecule has 0 saturated heterocycles. The van der Waals surface area contributed by atoms with Gasteiger partial charge in [-0.05, 0) is 12.1 Å². The molecule has 0 fully saturated rings. The molecule has 1 aliphatic heterocycles. The third-order valence-electron chi connectivity index (χ3n) is 3.51. The summed E-state index contributed by atoms with van der Waals surface area (Å²) in [5, 5.41) is 0. The molecule has 1 unspecified atom stereocenters. The number of carbonyl (C=O) groups excluding carboxylic acids is 3. The van der Waals surface area contributed by atoms with Gasteiger partial charge in [0.1, 0.15) is 19.2 Å². The molecule has 0 bridgehead atoms. The van der Waals surface area contributed by atoms with Crippen molar-refractivity contribution in [1.29, 1.82) is 0 Å². The molecule has 1 atom stereocenters. The molecular weight excluding hydrogens is 302 g/mol. The predicted molar refractivity (Wildman–Crippen MR) is 83.0 cm³/mol. The molecule has 1 aliphatic rings. The maximum absolute atomic E-state index is 12.5. The van der Waals surface area contributed by atoms with Crippen molar-refractivity contribution in [2.75, 3.05) is 43.7 Å². The first-order valence-electron chi connectivity index (χ1n) is 7.01. The van der Waals surface area contributed by atoms with Crippen LogP contribution in [0.2, 0.25) is 0 Å². The molecule has 0 aliphatic carbocycles. The number of hydrogen-bond donors (Lipinski definition) is 1. The molecule has 124 valence electrons. The number of fused-ring (bicyclic) bond motifs is 1. The average molecular weight is 321 g/mol. The van der Waals surface area contributed by atoms with Crippen molar-refractivity contribution in [1.82, 2.24) is 0 Å². The Morgan fingerprint density at radius 2 is 1.91 bits per heavy atom. The highest BCUT2D eigenvalue weighted by Crippen LogP contribution is 2.32. The average Bonchev–Trinajstić information content (AvgIpc) is 2.65. The van der Waals surface area contributed by atoms with Gasteiger partial charge in [-0.2, -0.15) is 0 Å². The highest BCUT2D eigenvalue weighted by atomic mass is 16.5. The number of benzene rings is 1. The Morgan fingerprint density at radius 1 is 1.26 bits per heavy atom. The minimum Gasteiger partial charge on any atom is -0.468 e. The molecule has 2 rings (SSSR count). The van der Waals surface area contributed by atoms with Crippen molar-refractivity contribution in [3.63, 3.8) is 0 Å². The Kier molecular flexibility index (Phi) is 5.30. The van der Waals surface area contributed by atoms with Crippen LogP contribution in [-0.2, 0) is 23.9 Å². The van der Waals surface area contributed by atoms with Gasteiger partial charge in [0.15, 0.2) is 0 Å². The van der Waals surface area contributed by atoms with Gasteiger partial charge < -0.3 is 20.1 Å². The van der Waals surface area contributed by atoms with Crippen molar-refractivity contribution >= 4 is 29.2 Å². The minimum atomic E-state index is -0.951. The fraction of sp³-hybridized carbons (Fsp3) is 0.400. The first kappa shape index (κ1) is 16.9. The van der Waals surface area contributed by atoms with Gasteiger partial charge in [-0.15, -0.1) is 0 Å². The van der Waals surface area contributed by atoms with Gasteiger partial charge in [-0.3, -0.25) is 19.3 Å². The number of hydrogen-bond acceptors (Lipinski definition) is 6. The third-order valence-corrected chi connectivity index (χ3v) is 3.51. The Morgan fingerprint density at radius 3 is 2.52 bits per heavy atom. The molecule has 0 saturated carbocycles. The first-order valence-corrected chi connectivity index (χ1v) is 7.01. The highest BCUT2D eigenvalue weighted by Gasteiger charge is 2.34. The van der Waals surface area contributed by atoms with E-state index < -0.39 is 17.9 Å². The van der Waals surface area contributed by atoms with Gasteiger partial charge >= 0.3 is 5.97 Å². The topological polar surface area (TPSA) is 102 Å². The lowest BCUT2D eigenvalue weighted by Crippen LogP contribution is -2.50. The number of carbonyl (C=O) groups is 3. The maximum Gasteiger partial charge on any atom is 0.325 e. The molecular formula is C15H19N3O5. The Bertz CT molecular complexity index is 619. The number of ether oxygens (including phenoxy) is 2. The quantitative estimate of drug-likeness (QED) is 0.751. The number of anilines is 2. The van der Waals surface area contributed by atoms with Crippen molar-refractivity contribution in [2.24, 2.45) is 5.73 Å². The zero-order chi connectivity index (χ0) is 17.0. The standard InChI is InChI=1S/C15H19N3O5/c1-22-9-13(19)17-7-10(16)15(21)18(8-14(20)23-2)12-6-4-3-5-11(12)17/h3-6,10H,7-9,16H2,1-2H3. The summed E-state index contributed by atoms with van der Waals surface area (Å²) in [4.78, 5) is 39.0. The lowest BCUT2D eigenvalue weighted by Gasteiger charge is -2.24. The zero-order valence-corrected chi connectivity index (χ0v) is 13.0. The van der Waals surface area contributed by atoms with Gasteiger partial charge in [0.2, 0.25) is 5.91 Å². The van der Waals surface area contributed by atoms with Gasteiger partial charge in [0, 0.05) is 7.11 Å². The summed E-state index contributed by atoms with van der Waals surface area (Å²) in [6.45, 7) is -0.395. The Hall–Kier alpha value is -2.45. The van der Waals surface area contributed by atoms with Crippen molar-refractivity contribution in [2.45, 2.75) is 6.04 Å². The van der Waals surface area contributed by atoms with E-state index >= 15 is 0 Å². The summed E-state index contributed by atoms with van der Waals surface area (Å²) in [7, 11) is 2.65. The van der Waals surface area contributed by atoms with E-state index in [1.165, 1.54) is 24.0 Å². The van der Waals surface area contributed by atoms with Gasteiger partial charge in [-0.25, -0.2) is 0 Å². The lowest BCUT2D eigenvalue weighted by atomic mass is 10.2. The fourth-order valence-corrected chi connectivity index (χ4v) is 2.41. The monoisotopic (exact) mass is 321 g/mol. The van der Waals surface area contributed by atoms with E-state index in [0.29, 0.717) is 11.4 Å². The van der Waals surface area contributed by atoms with E-state index in [-0.39, 0.29) is 25.6 Å². The van der Waals surface area contributed by atoms with Crippen LogP contribution in [0.1, 0.15) is 0 Å². The van der Waals surface area contributed by atoms with Gasteiger partial charge in [0.05, 0.1) is 25.0 Å². The van der Waals surface area contributed by atoms with Crippen LogP contribution in [0.4, 0.5) is 11.4 Å². The smallest absolute Gasteiger partial charge is 0.325 e. The van der Waals surface area contributed by atoms with Crippen LogP contribution < -0.4 is 15.5 Å². The summed E-state index contributed by atoms with van der Waals surface area (Å²) < 4.78 is 9.51. The van der Waals surface area contributed by atoms with Gasteiger partial charge in [-0.1, -0.05) is 12.1 Å². The predicted octanol–water partition coefficient (Wildman–Crippen LogP) is -0.487. The molecule has 2 amide bonds. The summed E-state index contributed by atoms with van der Waals surface area (Å²) in [5.74, 6) is -1.34. The van der Waals surface area contributed by atoms with E-state index in [9.17, 15) is 14.4 Å². The van der Waals surface area contributed by atoms with Crippen LogP contribution in [0.5, 0.6) is 0 Å². The molecule has 8 nitrogen and oxygen atoms in total. The Balaban J connectivity index is 2.48. The summed E-state index contributed by atoms with van der Waals surface area (Å²) >= 11 is 0. The molecule has 0 aromatic heterocycles. The number of esters is 1. The Labute approximate surface area is 133 Å². The maximum atomic E-state index is 12.5.